The van der Waals surface area contributed by atoms with Crippen molar-refractivity contribution in [3.63, 3.8) is 0 Å². The molecular weight excluding hydrogens is 286 g/mol. The van der Waals surface area contributed by atoms with Gasteiger partial charge in [0.15, 0.2) is 6.61 Å². The standard InChI is InChI=1S/C16H23NO5/c1-4-6-9-21-16(19)17-14-8-7-13(10-12(14)3)22-11-15(18)20-5-2/h7-8,10H,4-6,9,11H2,1-3H3,(H,17,19). The maximum atomic E-state index is 11.6. The van der Waals surface area contributed by atoms with E-state index in [1.165, 1.54) is 0 Å². The molecule has 0 spiro atoms. The van der Waals surface area contributed by atoms with Gasteiger partial charge in [-0.25, -0.2) is 9.59 Å². The second kappa shape index (κ2) is 9.65. The smallest absolute Gasteiger partial charge is 0.411 e. The summed E-state index contributed by atoms with van der Waals surface area (Å²) in [5.74, 6) is 0.123. The van der Waals surface area contributed by atoms with Crippen LogP contribution >= 0.6 is 0 Å². The molecule has 6 heteroatoms. The summed E-state index contributed by atoms with van der Waals surface area (Å²) in [7, 11) is 0. The molecule has 22 heavy (non-hydrogen) atoms. The number of carbonyl (C=O) groups is 2. The summed E-state index contributed by atoms with van der Waals surface area (Å²) in [6, 6.07) is 5.12. The maximum Gasteiger partial charge on any atom is 0.411 e. The van der Waals surface area contributed by atoms with Crippen LogP contribution in [0, 0.1) is 6.92 Å². The van der Waals surface area contributed by atoms with Crippen LogP contribution < -0.4 is 10.1 Å². The first-order valence-corrected chi connectivity index (χ1v) is 7.39. The van der Waals surface area contributed by atoms with E-state index in [9.17, 15) is 9.59 Å². The number of unbranched alkanes of at least 4 members (excludes halogenated alkanes) is 1. The third kappa shape index (κ3) is 6.47. The van der Waals surface area contributed by atoms with Gasteiger partial charge < -0.3 is 14.2 Å². The molecule has 0 bridgehead atoms. The normalized spacial score (nSPS) is 9.95. The highest BCUT2D eigenvalue weighted by Crippen LogP contribution is 2.21. The number of benzene rings is 1. The van der Waals surface area contributed by atoms with E-state index in [4.69, 9.17) is 14.2 Å². The number of hydrogen-bond acceptors (Lipinski definition) is 5. The number of ether oxygens (including phenoxy) is 3. The first kappa shape index (κ1) is 17.8. The molecule has 0 saturated heterocycles. The molecule has 122 valence electrons. The second-order valence-electron chi connectivity index (χ2n) is 4.68. The lowest BCUT2D eigenvalue weighted by molar-refractivity contribution is -0.145. The lowest BCUT2D eigenvalue weighted by Gasteiger charge is -2.11. The third-order valence-corrected chi connectivity index (χ3v) is 2.83. The van der Waals surface area contributed by atoms with Gasteiger partial charge >= 0.3 is 12.1 Å². The van der Waals surface area contributed by atoms with E-state index in [1.807, 2.05) is 13.8 Å². The molecule has 1 rings (SSSR count). The van der Waals surface area contributed by atoms with E-state index in [0.29, 0.717) is 24.7 Å². The summed E-state index contributed by atoms with van der Waals surface area (Å²) in [4.78, 5) is 22.8. The minimum absolute atomic E-state index is 0.140. The molecule has 1 N–H and O–H groups in total. The zero-order valence-corrected chi connectivity index (χ0v) is 13.3. The molecule has 0 fully saturated rings. The molecule has 0 atom stereocenters. The summed E-state index contributed by atoms with van der Waals surface area (Å²) < 4.78 is 15.1. The van der Waals surface area contributed by atoms with Crippen molar-refractivity contribution < 1.29 is 23.8 Å². The summed E-state index contributed by atoms with van der Waals surface area (Å²) in [5.41, 5.74) is 1.46. The Balaban J connectivity index is 2.51. The van der Waals surface area contributed by atoms with Crippen LogP contribution in [0.2, 0.25) is 0 Å². The van der Waals surface area contributed by atoms with E-state index in [1.54, 1.807) is 25.1 Å². The van der Waals surface area contributed by atoms with Crippen molar-refractivity contribution in [1.82, 2.24) is 0 Å². The van der Waals surface area contributed by atoms with E-state index in [0.717, 1.165) is 18.4 Å². The minimum Gasteiger partial charge on any atom is -0.482 e. The van der Waals surface area contributed by atoms with Crippen LogP contribution in [0.25, 0.3) is 0 Å². The van der Waals surface area contributed by atoms with Crippen molar-refractivity contribution in [2.75, 3.05) is 25.1 Å². The molecule has 0 aliphatic carbocycles. The fourth-order valence-corrected chi connectivity index (χ4v) is 1.67. The number of nitrogens with one attached hydrogen (secondary N) is 1. The predicted octanol–water partition coefficient (Wildman–Crippen LogP) is 3.29. The van der Waals surface area contributed by atoms with Crippen LogP contribution in [0.3, 0.4) is 0 Å². The van der Waals surface area contributed by atoms with Crippen LogP contribution in [0.1, 0.15) is 32.3 Å². The fourth-order valence-electron chi connectivity index (χ4n) is 1.67. The summed E-state index contributed by atoms with van der Waals surface area (Å²) in [6.07, 6.45) is 1.34. The van der Waals surface area contributed by atoms with E-state index in [-0.39, 0.29) is 6.61 Å². The topological polar surface area (TPSA) is 73.9 Å². The largest absolute Gasteiger partial charge is 0.482 e. The van der Waals surface area contributed by atoms with Gasteiger partial charge in [0, 0.05) is 5.69 Å². The molecule has 0 aliphatic rings. The molecule has 1 aromatic rings. The second-order valence-corrected chi connectivity index (χ2v) is 4.68. The summed E-state index contributed by atoms with van der Waals surface area (Å²) in [6.45, 7) is 6.19. The number of amides is 1. The molecule has 0 radical (unpaired) electrons. The summed E-state index contributed by atoms with van der Waals surface area (Å²) in [5, 5.41) is 2.67. The average Bonchev–Trinajstić information content (AvgIpc) is 2.48. The monoisotopic (exact) mass is 309 g/mol. The highest BCUT2D eigenvalue weighted by molar-refractivity contribution is 5.85. The number of aryl methyl sites for hydroxylation is 1. The van der Waals surface area contributed by atoms with Crippen LogP contribution in [0.5, 0.6) is 5.75 Å². The Labute approximate surface area is 130 Å². The Morgan fingerprint density at radius 3 is 2.59 bits per heavy atom. The van der Waals surface area contributed by atoms with E-state index in [2.05, 4.69) is 5.32 Å². The van der Waals surface area contributed by atoms with Gasteiger partial charge in [0.1, 0.15) is 5.75 Å². The van der Waals surface area contributed by atoms with Crippen molar-refractivity contribution in [3.8, 4) is 5.75 Å². The van der Waals surface area contributed by atoms with Gasteiger partial charge in [-0.15, -0.1) is 0 Å². The van der Waals surface area contributed by atoms with Gasteiger partial charge in [-0.2, -0.15) is 0 Å². The highest BCUT2D eigenvalue weighted by Gasteiger charge is 2.08. The number of hydrogen-bond donors (Lipinski definition) is 1. The van der Waals surface area contributed by atoms with Crippen LogP contribution in [0.15, 0.2) is 18.2 Å². The van der Waals surface area contributed by atoms with Gasteiger partial charge in [-0.05, 0) is 44.0 Å². The molecule has 6 nitrogen and oxygen atoms in total. The van der Waals surface area contributed by atoms with Crippen molar-refractivity contribution in [2.24, 2.45) is 0 Å². The van der Waals surface area contributed by atoms with Gasteiger partial charge in [-0.3, -0.25) is 5.32 Å². The molecule has 0 heterocycles. The molecule has 1 aromatic carbocycles. The lowest BCUT2D eigenvalue weighted by Crippen LogP contribution is -2.16. The Hall–Kier alpha value is -2.24. The Kier molecular flexibility index (Phi) is 7.81. The quantitative estimate of drug-likeness (QED) is 0.589. The average molecular weight is 309 g/mol. The third-order valence-electron chi connectivity index (χ3n) is 2.83. The molecule has 0 aromatic heterocycles. The van der Waals surface area contributed by atoms with Gasteiger partial charge in [-0.1, -0.05) is 13.3 Å². The van der Waals surface area contributed by atoms with Gasteiger partial charge in [0.25, 0.3) is 0 Å². The van der Waals surface area contributed by atoms with Gasteiger partial charge in [0.2, 0.25) is 0 Å². The Bertz CT molecular complexity index is 501. The van der Waals surface area contributed by atoms with Crippen molar-refractivity contribution >= 4 is 17.7 Å². The zero-order chi connectivity index (χ0) is 16.4. The SMILES string of the molecule is CCCCOC(=O)Nc1ccc(OCC(=O)OCC)cc1C. The highest BCUT2D eigenvalue weighted by atomic mass is 16.6. The van der Waals surface area contributed by atoms with E-state index < -0.39 is 12.1 Å². The lowest BCUT2D eigenvalue weighted by atomic mass is 10.2. The molecular formula is C16H23NO5. The fraction of sp³-hybridized carbons (Fsp3) is 0.500. The molecule has 0 unspecified atom stereocenters. The van der Waals surface area contributed by atoms with Gasteiger partial charge in [0.05, 0.1) is 13.2 Å². The maximum absolute atomic E-state index is 11.6. The first-order valence-electron chi connectivity index (χ1n) is 7.39. The minimum atomic E-state index is -0.475. The van der Waals surface area contributed by atoms with Crippen molar-refractivity contribution in [1.29, 1.82) is 0 Å². The summed E-state index contributed by atoms with van der Waals surface area (Å²) >= 11 is 0. The number of rotatable bonds is 8. The zero-order valence-electron chi connectivity index (χ0n) is 13.3. The van der Waals surface area contributed by atoms with Crippen molar-refractivity contribution in [3.05, 3.63) is 23.8 Å². The molecule has 1 amide bonds. The first-order chi connectivity index (χ1) is 10.6. The molecule has 0 aliphatic heterocycles. The van der Waals surface area contributed by atoms with Crippen LogP contribution in [0.4, 0.5) is 10.5 Å². The van der Waals surface area contributed by atoms with Crippen molar-refractivity contribution in [2.45, 2.75) is 33.6 Å². The van der Waals surface area contributed by atoms with Crippen LogP contribution in [-0.4, -0.2) is 31.9 Å². The Morgan fingerprint density at radius 1 is 1.18 bits per heavy atom. The van der Waals surface area contributed by atoms with Crippen LogP contribution in [-0.2, 0) is 14.3 Å². The predicted molar refractivity (Wildman–Crippen MR) is 83.2 cm³/mol. The Morgan fingerprint density at radius 2 is 1.95 bits per heavy atom. The number of carbonyl (C=O) groups excluding carboxylic acids is 2. The number of esters is 1. The number of anilines is 1. The molecule has 0 saturated carbocycles. The van der Waals surface area contributed by atoms with E-state index >= 15 is 0 Å².